The number of amides is 1. The van der Waals surface area contributed by atoms with Crippen LogP contribution in [0.25, 0.3) is 0 Å². The van der Waals surface area contributed by atoms with Crippen LogP contribution in [-0.2, 0) is 0 Å². The van der Waals surface area contributed by atoms with Gasteiger partial charge in [0.1, 0.15) is 17.5 Å². The molecular weight excluding hydrogens is 232 g/mol. The maximum atomic E-state index is 11.8. The number of phenols is 1. The third-order valence-corrected chi connectivity index (χ3v) is 2.49. The lowest BCUT2D eigenvalue weighted by Crippen LogP contribution is -2.33. The second kappa shape index (κ2) is 6.50. The van der Waals surface area contributed by atoms with E-state index in [1.54, 1.807) is 6.07 Å². The molecule has 1 aromatic rings. The van der Waals surface area contributed by atoms with Crippen LogP contribution in [0.15, 0.2) is 18.2 Å². The molecule has 0 aliphatic heterocycles. The van der Waals surface area contributed by atoms with Gasteiger partial charge in [0.05, 0.1) is 18.7 Å². The van der Waals surface area contributed by atoms with Crippen molar-refractivity contribution in [1.29, 1.82) is 5.26 Å². The van der Waals surface area contributed by atoms with E-state index >= 15 is 0 Å². The first-order chi connectivity index (χ1) is 8.62. The van der Waals surface area contributed by atoms with E-state index in [4.69, 9.17) is 10.00 Å². The molecule has 0 fully saturated rings. The van der Waals surface area contributed by atoms with Crippen molar-refractivity contribution in [3.63, 3.8) is 0 Å². The van der Waals surface area contributed by atoms with Gasteiger partial charge in [0.25, 0.3) is 5.91 Å². The molecule has 18 heavy (non-hydrogen) atoms. The van der Waals surface area contributed by atoms with Crippen LogP contribution in [0.1, 0.15) is 30.1 Å². The van der Waals surface area contributed by atoms with Crippen LogP contribution in [0.3, 0.4) is 0 Å². The van der Waals surface area contributed by atoms with Crippen molar-refractivity contribution < 1.29 is 14.6 Å². The Morgan fingerprint density at radius 1 is 1.61 bits per heavy atom. The van der Waals surface area contributed by atoms with E-state index in [2.05, 4.69) is 5.32 Å². The predicted molar refractivity (Wildman–Crippen MR) is 66.4 cm³/mol. The second-order valence-corrected chi connectivity index (χ2v) is 3.83. The zero-order valence-corrected chi connectivity index (χ0v) is 10.4. The minimum absolute atomic E-state index is 0.132. The van der Waals surface area contributed by atoms with Crippen molar-refractivity contribution in [3.8, 4) is 17.6 Å². The summed E-state index contributed by atoms with van der Waals surface area (Å²) in [5, 5.41) is 21.1. The number of carbonyl (C=O) groups excluding carboxylic acids is 1. The van der Waals surface area contributed by atoms with Crippen molar-refractivity contribution in [2.45, 2.75) is 25.8 Å². The largest absolute Gasteiger partial charge is 0.507 e. The van der Waals surface area contributed by atoms with Crippen molar-refractivity contribution in [1.82, 2.24) is 5.32 Å². The molecule has 0 aliphatic rings. The molecule has 0 bridgehead atoms. The molecule has 1 unspecified atom stereocenters. The fourth-order valence-corrected chi connectivity index (χ4v) is 1.52. The fourth-order valence-electron chi connectivity index (χ4n) is 1.52. The lowest BCUT2D eigenvalue weighted by molar-refractivity contribution is 0.0941. The van der Waals surface area contributed by atoms with Gasteiger partial charge in [0.15, 0.2) is 0 Å². The summed E-state index contributed by atoms with van der Waals surface area (Å²) in [6.45, 7) is 1.93. The number of rotatable bonds is 5. The minimum atomic E-state index is -0.538. The zero-order chi connectivity index (χ0) is 13.5. The number of methoxy groups -OCH3 is 1. The Bertz CT molecular complexity index is 466. The van der Waals surface area contributed by atoms with Crippen LogP contribution in [0, 0.1) is 11.3 Å². The lowest BCUT2D eigenvalue weighted by Gasteiger charge is -2.11. The number of ether oxygens (including phenoxy) is 1. The highest BCUT2D eigenvalue weighted by molar-refractivity contribution is 5.97. The molecule has 1 atom stereocenters. The Balaban J connectivity index is 2.81. The smallest absolute Gasteiger partial charge is 0.256 e. The van der Waals surface area contributed by atoms with Crippen LogP contribution in [0.5, 0.6) is 11.5 Å². The van der Waals surface area contributed by atoms with Gasteiger partial charge in [-0.2, -0.15) is 5.26 Å². The number of aromatic hydroxyl groups is 1. The van der Waals surface area contributed by atoms with E-state index in [-0.39, 0.29) is 11.3 Å². The van der Waals surface area contributed by atoms with Gasteiger partial charge in [-0.3, -0.25) is 4.79 Å². The number of hydrogen-bond acceptors (Lipinski definition) is 4. The predicted octanol–water partition coefficient (Wildman–Crippen LogP) is 1.82. The first kappa shape index (κ1) is 13.8. The Morgan fingerprint density at radius 3 is 2.83 bits per heavy atom. The molecule has 1 aromatic carbocycles. The topological polar surface area (TPSA) is 82.4 Å². The van der Waals surface area contributed by atoms with E-state index < -0.39 is 11.9 Å². The van der Waals surface area contributed by atoms with Gasteiger partial charge in [-0.05, 0) is 18.6 Å². The molecule has 1 amide bonds. The first-order valence-corrected chi connectivity index (χ1v) is 5.69. The third kappa shape index (κ3) is 3.39. The Hall–Kier alpha value is -2.22. The lowest BCUT2D eigenvalue weighted by atomic mass is 10.1. The highest BCUT2D eigenvalue weighted by Crippen LogP contribution is 2.23. The van der Waals surface area contributed by atoms with Gasteiger partial charge in [0, 0.05) is 6.07 Å². The van der Waals surface area contributed by atoms with Gasteiger partial charge in [0.2, 0.25) is 0 Å². The first-order valence-electron chi connectivity index (χ1n) is 5.69. The Labute approximate surface area is 106 Å². The number of carbonyl (C=O) groups is 1. The number of hydrogen-bond donors (Lipinski definition) is 2. The fraction of sp³-hybridized carbons (Fsp3) is 0.385. The van der Waals surface area contributed by atoms with Gasteiger partial charge in [-0.1, -0.05) is 13.3 Å². The van der Waals surface area contributed by atoms with Gasteiger partial charge in [-0.15, -0.1) is 0 Å². The normalized spacial score (nSPS) is 11.4. The molecule has 0 heterocycles. The van der Waals surface area contributed by atoms with Crippen LogP contribution in [0.2, 0.25) is 0 Å². The summed E-state index contributed by atoms with van der Waals surface area (Å²) >= 11 is 0. The highest BCUT2D eigenvalue weighted by atomic mass is 16.5. The quantitative estimate of drug-likeness (QED) is 0.832. The summed E-state index contributed by atoms with van der Waals surface area (Å²) in [5.41, 5.74) is 0.132. The van der Waals surface area contributed by atoms with E-state index in [1.165, 1.54) is 19.2 Å². The van der Waals surface area contributed by atoms with Gasteiger partial charge in [-0.25, -0.2) is 0 Å². The van der Waals surface area contributed by atoms with E-state index in [0.717, 1.165) is 6.42 Å². The summed E-state index contributed by atoms with van der Waals surface area (Å²) in [6.07, 6.45) is 1.38. The molecule has 0 saturated heterocycles. The average molecular weight is 248 g/mol. The standard InChI is InChI=1S/C13H16N2O3/c1-3-4-9(8-14)15-13(17)11-6-5-10(18-2)7-12(11)16/h5-7,9,16H,3-4H2,1-2H3,(H,15,17). The molecule has 0 aromatic heterocycles. The summed E-state index contributed by atoms with van der Waals surface area (Å²) in [4.78, 5) is 11.8. The number of nitrogens with zero attached hydrogens (tertiary/aromatic N) is 1. The van der Waals surface area contributed by atoms with E-state index in [1.807, 2.05) is 13.0 Å². The van der Waals surface area contributed by atoms with Gasteiger partial charge >= 0.3 is 0 Å². The summed E-state index contributed by atoms with van der Waals surface area (Å²) in [5.74, 6) is -0.162. The Morgan fingerprint density at radius 2 is 2.33 bits per heavy atom. The van der Waals surface area contributed by atoms with Crippen LogP contribution < -0.4 is 10.1 Å². The molecule has 5 nitrogen and oxygen atoms in total. The molecule has 0 saturated carbocycles. The maximum Gasteiger partial charge on any atom is 0.256 e. The van der Waals surface area contributed by atoms with Crippen molar-refractivity contribution in [3.05, 3.63) is 23.8 Å². The number of nitrogens with one attached hydrogen (secondary N) is 1. The number of benzene rings is 1. The molecule has 96 valence electrons. The summed E-state index contributed by atoms with van der Waals surface area (Å²) in [7, 11) is 1.47. The van der Waals surface area contributed by atoms with Crippen LogP contribution in [0.4, 0.5) is 0 Å². The maximum absolute atomic E-state index is 11.8. The highest BCUT2D eigenvalue weighted by Gasteiger charge is 2.15. The van der Waals surface area contributed by atoms with Crippen LogP contribution in [-0.4, -0.2) is 24.2 Å². The Kier molecular flexibility index (Phi) is 5.00. The summed E-state index contributed by atoms with van der Waals surface area (Å²) in [6, 6.07) is 5.87. The molecule has 1 rings (SSSR count). The third-order valence-electron chi connectivity index (χ3n) is 2.49. The molecule has 0 spiro atoms. The van der Waals surface area contributed by atoms with Crippen molar-refractivity contribution in [2.75, 3.05) is 7.11 Å². The van der Waals surface area contributed by atoms with Crippen molar-refractivity contribution >= 4 is 5.91 Å². The SMILES string of the molecule is CCCC(C#N)NC(=O)c1ccc(OC)cc1O. The number of phenolic OH excluding ortho intramolecular Hbond substituents is 1. The van der Waals surface area contributed by atoms with E-state index in [0.29, 0.717) is 12.2 Å². The molecule has 5 heteroatoms. The summed E-state index contributed by atoms with van der Waals surface area (Å²) < 4.78 is 4.93. The van der Waals surface area contributed by atoms with E-state index in [9.17, 15) is 9.90 Å². The second-order valence-electron chi connectivity index (χ2n) is 3.83. The molecule has 0 aliphatic carbocycles. The van der Waals surface area contributed by atoms with Crippen molar-refractivity contribution in [2.24, 2.45) is 0 Å². The molecular formula is C13H16N2O3. The number of nitriles is 1. The van der Waals surface area contributed by atoms with Gasteiger partial charge < -0.3 is 15.2 Å². The average Bonchev–Trinajstić information content (AvgIpc) is 2.37. The monoisotopic (exact) mass is 248 g/mol. The molecule has 0 radical (unpaired) electrons. The minimum Gasteiger partial charge on any atom is -0.507 e. The zero-order valence-electron chi connectivity index (χ0n) is 10.4. The van der Waals surface area contributed by atoms with Crippen LogP contribution >= 0.6 is 0 Å². The molecule has 2 N–H and O–H groups in total.